The number of pyridine rings is 1. The molecule has 4 heteroatoms. The van der Waals surface area contributed by atoms with E-state index in [0.29, 0.717) is 23.3 Å². The molecule has 1 aromatic heterocycles. The first-order chi connectivity index (χ1) is 8.59. The topological polar surface area (TPSA) is 59.2 Å². The van der Waals surface area contributed by atoms with Crippen molar-refractivity contribution in [3.63, 3.8) is 0 Å². The number of anilines is 1. The third kappa shape index (κ3) is 3.00. The van der Waals surface area contributed by atoms with Gasteiger partial charge in [-0.1, -0.05) is 13.8 Å². The summed E-state index contributed by atoms with van der Waals surface area (Å²) in [6.45, 7) is 5.15. The highest BCUT2D eigenvalue weighted by Crippen LogP contribution is 2.29. The quantitative estimate of drug-likeness (QED) is 0.868. The van der Waals surface area contributed by atoms with Crippen LogP contribution in [-0.2, 0) is 0 Å². The maximum atomic E-state index is 12.4. The van der Waals surface area contributed by atoms with Gasteiger partial charge in [-0.2, -0.15) is 0 Å². The van der Waals surface area contributed by atoms with Crippen molar-refractivity contribution < 1.29 is 4.79 Å². The van der Waals surface area contributed by atoms with E-state index in [2.05, 4.69) is 18.8 Å². The van der Waals surface area contributed by atoms with Crippen LogP contribution in [0.2, 0.25) is 0 Å². The molecule has 0 spiro atoms. The number of nitrogens with zero attached hydrogens (tertiary/aromatic N) is 2. The average molecular weight is 247 g/mol. The molecule has 1 aliphatic rings. The molecule has 0 radical (unpaired) electrons. The number of aromatic nitrogens is 1. The average Bonchev–Trinajstić information content (AvgIpc) is 3.13. The minimum Gasteiger partial charge on any atom is -0.397 e. The SMILES string of the molecule is CC(C)CCN(C(=O)c1ncccc1N)C1CC1. The molecule has 1 aromatic rings. The molecular weight excluding hydrogens is 226 g/mol. The number of carbonyl (C=O) groups excluding carboxylic acids is 1. The van der Waals surface area contributed by atoms with Crippen molar-refractivity contribution in [3.8, 4) is 0 Å². The molecule has 0 bridgehead atoms. The van der Waals surface area contributed by atoms with Crippen molar-refractivity contribution in [3.05, 3.63) is 24.0 Å². The van der Waals surface area contributed by atoms with E-state index < -0.39 is 0 Å². The van der Waals surface area contributed by atoms with Crippen LogP contribution in [0.15, 0.2) is 18.3 Å². The maximum absolute atomic E-state index is 12.4. The lowest BCUT2D eigenvalue weighted by atomic mass is 10.1. The van der Waals surface area contributed by atoms with E-state index in [1.807, 2.05) is 4.90 Å². The van der Waals surface area contributed by atoms with Gasteiger partial charge in [0.05, 0.1) is 5.69 Å². The Hall–Kier alpha value is -1.58. The molecule has 0 aliphatic heterocycles. The molecule has 0 aromatic carbocycles. The number of rotatable bonds is 5. The molecular formula is C14H21N3O. The largest absolute Gasteiger partial charge is 0.397 e. The van der Waals surface area contributed by atoms with Crippen molar-refractivity contribution in [1.82, 2.24) is 9.88 Å². The number of hydrogen-bond donors (Lipinski definition) is 1. The first-order valence-electron chi connectivity index (χ1n) is 6.61. The molecule has 18 heavy (non-hydrogen) atoms. The first-order valence-corrected chi connectivity index (χ1v) is 6.61. The molecule has 2 rings (SSSR count). The summed E-state index contributed by atoms with van der Waals surface area (Å²) in [5.74, 6) is 0.580. The summed E-state index contributed by atoms with van der Waals surface area (Å²) in [4.78, 5) is 18.5. The smallest absolute Gasteiger partial charge is 0.274 e. The Morgan fingerprint density at radius 3 is 2.83 bits per heavy atom. The lowest BCUT2D eigenvalue weighted by Crippen LogP contribution is -2.35. The van der Waals surface area contributed by atoms with Crippen molar-refractivity contribution in [2.24, 2.45) is 5.92 Å². The van der Waals surface area contributed by atoms with Crippen LogP contribution < -0.4 is 5.73 Å². The number of amides is 1. The van der Waals surface area contributed by atoms with E-state index in [0.717, 1.165) is 25.8 Å². The van der Waals surface area contributed by atoms with E-state index in [4.69, 9.17) is 5.73 Å². The fourth-order valence-corrected chi connectivity index (χ4v) is 1.97. The summed E-state index contributed by atoms with van der Waals surface area (Å²) >= 11 is 0. The van der Waals surface area contributed by atoms with E-state index in [-0.39, 0.29) is 5.91 Å². The molecule has 4 nitrogen and oxygen atoms in total. The van der Waals surface area contributed by atoms with Crippen LogP contribution in [0.5, 0.6) is 0 Å². The second kappa shape index (κ2) is 5.38. The first kappa shape index (κ1) is 12.9. The minimum atomic E-state index is -0.0174. The molecule has 1 amide bonds. The zero-order valence-corrected chi connectivity index (χ0v) is 11.1. The predicted molar refractivity (Wildman–Crippen MR) is 72.2 cm³/mol. The number of hydrogen-bond acceptors (Lipinski definition) is 3. The molecule has 0 saturated heterocycles. The van der Waals surface area contributed by atoms with E-state index >= 15 is 0 Å². The van der Waals surface area contributed by atoms with Gasteiger partial charge in [-0.25, -0.2) is 4.98 Å². The Bertz CT molecular complexity index is 427. The lowest BCUT2D eigenvalue weighted by Gasteiger charge is -2.23. The van der Waals surface area contributed by atoms with Gasteiger partial charge in [0.25, 0.3) is 5.91 Å². The summed E-state index contributed by atoms with van der Waals surface area (Å²) in [7, 11) is 0. The number of carbonyl (C=O) groups is 1. The minimum absolute atomic E-state index is 0.0174. The van der Waals surface area contributed by atoms with Crippen molar-refractivity contribution in [2.45, 2.75) is 39.2 Å². The van der Waals surface area contributed by atoms with Gasteiger partial charge in [0.1, 0.15) is 0 Å². The zero-order valence-electron chi connectivity index (χ0n) is 11.1. The van der Waals surface area contributed by atoms with Gasteiger partial charge in [0, 0.05) is 18.8 Å². The molecule has 1 aliphatic carbocycles. The molecule has 0 atom stereocenters. The fraction of sp³-hybridized carbons (Fsp3) is 0.571. The zero-order chi connectivity index (χ0) is 13.1. The van der Waals surface area contributed by atoms with Crippen LogP contribution in [0, 0.1) is 5.92 Å². The maximum Gasteiger partial charge on any atom is 0.274 e. The van der Waals surface area contributed by atoms with Gasteiger partial charge in [-0.05, 0) is 37.3 Å². The Kier molecular flexibility index (Phi) is 3.84. The standard InChI is InChI=1S/C14H21N3O/c1-10(2)7-9-17(11-5-6-11)14(18)13-12(15)4-3-8-16-13/h3-4,8,10-11H,5-7,9,15H2,1-2H3. The van der Waals surface area contributed by atoms with Crippen molar-refractivity contribution in [2.75, 3.05) is 12.3 Å². The van der Waals surface area contributed by atoms with Crippen LogP contribution in [0.3, 0.4) is 0 Å². The Morgan fingerprint density at radius 2 is 2.28 bits per heavy atom. The predicted octanol–water partition coefficient (Wildman–Crippen LogP) is 2.31. The van der Waals surface area contributed by atoms with Crippen LogP contribution in [0.1, 0.15) is 43.6 Å². The van der Waals surface area contributed by atoms with Gasteiger partial charge < -0.3 is 10.6 Å². The number of nitrogen functional groups attached to an aromatic ring is 1. The van der Waals surface area contributed by atoms with Gasteiger partial charge in [0.15, 0.2) is 5.69 Å². The van der Waals surface area contributed by atoms with Crippen molar-refractivity contribution in [1.29, 1.82) is 0 Å². The van der Waals surface area contributed by atoms with Gasteiger partial charge >= 0.3 is 0 Å². The molecule has 1 fully saturated rings. The van der Waals surface area contributed by atoms with Gasteiger partial charge in [0.2, 0.25) is 0 Å². The van der Waals surface area contributed by atoms with Crippen molar-refractivity contribution >= 4 is 11.6 Å². The lowest BCUT2D eigenvalue weighted by molar-refractivity contribution is 0.0730. The van der Waals surface area contributed by atoms with E-state index in [1.165, 1.54) is 0 Å². The fourth-order valence-electron chi connectivity index (χ4n) is 1.97. The highest BCUT2D eigenvalue weighted by molar-refractivity contribution is 5.97. The summed E-state index contributed by atoms with van der Waals surface area (Å²) in [6.07, 6.45) is 4.86. The molecule has 2 N–H and O–H groups in total. The Labute approximate surface area is 108 Å². The highest BCUT2D eigenvalue weighted by atomic mass is 16.2. The molecule has 98 valence electrons. The van der Waals surface area contributed by atoms with Crippen LogP contribution >= 0.6 is 0 Å². The van der Waals surface area contributed by atoms with E-state index in [1.54, 1.807) is 18.3 Å². The Balaban J connectivity index is 2.11. The second-order valence-corrected chi connectivity index (χ2v) is 5.35. The van der Waals surface area contributed by atoms with Gasteiger partial charge in [-0.15, -0.1) is 0 Å². The van der Waals surface area contributed by atoms with Crippen LogP contribution in [-0.4, -0.2) is 28.4 Å². The summed E-state index contributed by atoms with van der Waals surface area (Å²) in [5, 5.41) is 0. The van der Waals surface area contributed by atoms with E-state index in [9.17, 15) is 4.79 Å². The number of nitrogens with two attached hydrogens (primary N) is 1. The molecule has 1 heterocycles. The summed E-state index contributed by atoms with van der Waals surface area (Å²) in [6, 6.07) is 3.88. The van der Waals surface area contributed by atoms with Crippen LogP contribution in [0.25, 0.3) is 0 Å². The third-order valence-corrected chi connectivity index (χ3v) is 3.24. The monoisotopic (exact) mass is 247 g/mol. The third-order valence-electron chi connectivity index (χ3n) is 3.24. The normalized spacial score (nSPS) is 14.8. The molecule has 1 saturated carbocycles. The second-order valence-electron chi connectivity index (χ2n) is 5.35. The highest BCUT2D eigenvalue weighted by Gasteiger charge is 2.33. The van der Waals surface area contributed by atoms with Crippen LogP contribution in [0.4, 0.5) is 5.69 Å². The summed E-state index contributed by atoms with van der Waals surface area (Å²) < 4.78 is 0. The Morgan fingerprint density at radius 1 is 1.56 bits per heavy atom. The summed E-state index contributed by atoms with van der Waals surface area (Å²) in [5.41, 5.74) is 6.69. The van der Waals surface area contributed by atoms with Gasteiger partial charge in [-0.3, -0.25) is 4.79 Å². The molecule has 0 unspecified atom stereocenters.